The summed E-state index contributed by atoms with van der Waals surface area (Å²) in [5, 5.41) is 12.7. The van der Waals surface area contributed by atoms with Gasteiger partial charge in [-0.25, -0.2) is 0 Å². The summed E-state index contributed by atoms with van der Waals surface area (Å²) >= 11 is 0. The van der Waals surface area contributed by atoms with Crippen LogP contribution in [0.4, 0.5) is 5.69 Å². The highest BCUT2D eigenvalue weighted by Gasteiger charge is 2.12. The van der Waals surface area contributed by atoms with E-state index in [4.69, 9.17) is 5.26 Å². The Balaban J connectivity index is 2.58. The van der Waals surface area contributed by atoms with Crippen LogP contribution < -0.4 is 10.6 Å². The lowest BCUT2D eigenvalue weighted by Crippen LogP contribution is -2.35. The lowest BCUT2D eigenvalue weighted by atomic mass is 10.3. The Morgan fingerprint density at radius 3 is 2.88 bits per heavy atom. The molecule has 2 N–H and O–H groups in total. The summed E-state index contributed by atoms with van der Waals surface area (Å²) in [5.41, 5.74) is 1.22. The van der Waals surface area contributed by atoms with Gasteiger partial charge in [-0.1, -0.05) is 0 Å². The molecule has 2 amide bonds. The highest BCUT2D eigenvalue weighted by Crippen LogP contribution is 2.06. The molecule has 0 fully saturated rings. The fourth-order valence-electron chi connectivity index (χ4n) is 1.01. The summed E-state index contributed by atoms with van der Waals surface area (Å²) in [6.07, 6.45) is 1.53. The number of nitrogens with one attached hydrogen (secondary N) is 2. The normalized spacial score (nSPS) is 9.00. The van der Waals surface area contributed by atoms with Gasteiger partial charge in [-0.05, 0) is 19.1 Å². The zero-order chi connectivity index (χ0) is 12.0. The summed E-state index contributed by atoms with van der Waals surface area (Å²) in [4.78, 5) is 26.3. The lowest BCUT2D eigenvalue weighted by molar-refractivity contribution is -0.136. The Bertz CT molecular complexity index is 450. The van der Waals surface area contributed by atoms with Crippen LogP contribution in [0.15, 0.2) is 18.3 Å². The van der Waals surface area contributed by atoms with Gasteiger partial charge in [-0.2, -0.15) is 5.26 Å². The number of hydrogen-bond donors (Lipinski definition) is 2. The quantitative estimate of drug-likeness (QED) is 0.538. The fourth-order valence-corrected chi connectivity index (χ4v) is 1.01. The number of aromatic nitrogens is 1. The summed E-state index contributed by atoms with van der Waals surface area (Å²) < 4.78 is 0. The van der Waals surface area contributed by atoms with E-state index in [1.54, 1.807) is 25.1 Å². The summed E-state index contributed by atoms with van der Waals surface area (Å²) in [5.74, 6) is -1.64. The van der Waals surface area contributed by atoms with Crippen molar-refractivity contribution in [2.75, 3.05) is 11.9 Å². The third-order valence-corrected chi connectivity index (χ3v) is 1.69. The standard InChI is InChI=1S/C10H10N4O2/c1-7-6-8(2-4-12-7)14-10(16)9(15)13-5-3-11/h2,4,6H,5H2,1H3,(H,13,15)(H,12,14,16). The van der Waals surface area contributed by atoms with Gasteiger partial charge in [-0.3, -0.25) is 14.6 Å². The molecule has 1 rings (SSSR count). The third-order valence-electron chi connectivity index (χ3n) is 1.69. The predicted molar refractivity (Wildman–Crippen MR) is 56.2 cm³/mol. The predicted octanol–water partition coefficient (Wildman–Crippen LogP) is -0.0317. The Morgan fingerprint density at radius 2 is 2.25 bits per heavy atom. The molecule has 0 saturated heterocycles. The first kappa shape index (κ1) is 11.7. The topological polar surface area (TPSA) is 94.9 Å². The molecule has 0 aliphatic carbocycles. The van der Waals surface area contributed by atoms with E-state index in [0.29, 0.717) is 5.69 Å². The molecule has 1 heterocycles. The molecule has 0 aromatic carbocycles. The van der Waals surface area contributed by atoms with Gasteiger partial charge in [0.15, 0.2) is 0 Å². The fraction of sp³-hybridized carbons (Fsp3) is 0.200. The first-order valence-corrected chi connectivity index (χ1v) is 4.52. The van der Waals surface area contributed by atoms with Gasteiger partial charge in [0, 0.05) is 17.6 Å². The molecule has 0 saturated carbocycles. The molecule has 82 valence electrons. The van der Waals surface area contributed by atoms with E-state index < -0.39 is 11.8 Å². The molecule has 0 atom stereocenters. The van der Waals surface area contributed by atoms with Gasteiger partial charge < -0.3 is 10.6 Å². The number of carbonyl (C=O) groups excluding carboxylic acids is 2. The summed E-state index contributed by atoms with van der Waals surface area (Å²) in [6.45, 7) is 1.58. The Kier molecular flexibility index (Phi) is 3.98. The maximum absolute atomic E-state index is 11.3. The maximum atomic E-state index is 11.3. The van der Waals surface area contributed by atoms with Crippen molar-refractivity contribution in [1.82, 2.24) is 10.3 Å². The molecular formula is C10H10N4O2. The molecule has 0 aliphatic rings. The number of amides is 2. The van der Waals surface area contributed by atoms with Crippen LogP contribution in [0.25, 0.3) is 0 Å². The molecule has 0 aliphatic heterocycles. The van der Waals surface area contributed by atoms with Crippen molar-refractivity contribution in [2.45, 2.75) is 6.92 Å². The van der Waals surface area contributed by atoms with E-state index >= 15 is 0 Å². The number of carbonyl (C=O) groups is 2. The van der Waals surface area contributed by atoms with E-state index in [1.165, 1.54) is 6.20 Å². The van der Waals surface area contributed by atoms with Gasteiger partial charge >= 0.3 is 11.8 Å². The monoisotopic (exact) mass is 218 g/mol. The van der Waals surface area contributed by atoms with Gasteiger partial charge in [0.05, 0.1) is 6.07 Å². The number of nitrogens with zero attached hydrogens (tertiary/aromatic N) is 2. The zero-order valence-corrected chi connectivity index (χ0v) is 8.65. The minimum absolute atomic E-state index is 0.193. The smallest absolute Gasteiger partial charge is 0.313 e. The molecule has 0 spiro atoms. The number of anilines is 1. The molecule has 0 radical (unpaired) electrons. The van der Waals surface area contributed by atoms with Crippen LogP contribution in [0.2, 0.25) is 0 Å². The van der Waals surface area contributed by atoms with E-state index in [1.807, 2.05) is 0 Å². The maximum Gasteiger partial charge on any atom is 0.313 e. The molecule has 0 unspecified atom stereocenters. The van der Waals surface area contributed by atoms with Crippen LogP contribution in [-0.4, -0.2) is 23.3 Å². The molecule has 1 aromatic rings. The van der Waals surface area contributed by atoms with Crippen molar-refractivity contribution < 1.29 is 9.59 Å². The molecule has 6 heteroatoms. The van der Waals surface area contributed by atoms with E-state index in [2.05, 4.69) is 15.6 Å². The summed E-state index contributed by atoms with van der Waals surface area (Å²) in [7, 11) is 0. The van der Waals surface area contributed by atoms with E-state index in [9.17, 15) is 9.59 Å². The number of pyridine rings is 1. The van der Waals surface area contributed by atoms with Crippen LogP contribution in [0, 0.1) is 18.3 Å². The second-order valence-electron chi connectivity index (χ2n) is 2.98. The second kappa shape index (κ2) is 5.46. The SMILES string of the molecule is Cc1cc(NC(=O)C(=O)NCC#N)ccn1. The number of rotatable bonds is 2. The molecule has 6 nitrogen and oxygen atoms in total. The second-order valence-corrected chi connectivity index (χ2v) is 2.98. The average molecular weight is 218 g/mol. The Morgan fingerprint density at radius 1 is 1.50 bits per heavy atom. The van der Waals surface area contributed by atoms with Crippen LogP contribution in [0.1, 0.15) is 5.69 Å². The van der Waals surface area contributed by atoms with E-state index in [0.717, 1.165) is 5.69 Å². The van der Waals surface area contributed by atoms with Crippen LogP contribution in [-0.2, 0) is 9.59 Å². The molecule has 1 aromatic heterocycles. The van der Waals surface area contributed by atoms with Crippen molar-refractivity contribution in [2.24, 2.45) is 0 Å². The molecular weight excluding hydrogens is 208 g/mol. The minimum atomic E-state index is -0.837. The zero-order valence-electron chi connectivity index (χ0n) is 8.65. The van der Waals surface area contributed by atoms with Crippen molar-refractivity contribution in [3.8, 4) is 6.07 Å². The summed E-state index contributed by atoms with van der Waals surface area (Å²) in [6, 6.07) is 4.91. The Labute approximate surface area is 92.3 Å². The van der Waals surface area contributed by atoms with Crippen molar-refractivity contribution in [3.63, 3.8) is 0 Å². The first-order valence-electron chi connectivity index (χ1n) is 4.52. The van der Waals surface area contributed by atoms with Crippen molar-refractivity contribution >= 4 is 17.5 Å². The van der Waals surface area contributed by atoms with Gasteiger partial charge in [0.2, 0.25) is 0 Å². The van der Waals surface area contributed by atoms with Crippen LogP contribution in [0.5, 0.6) is 0 Å². The van der Waals surface area contributed by atoms with Gasteiger partial charge in [0.1, 0.15) is 6.54 Å². The largest absolute Gasteiger partial charge is 0.335 e. The average Bonchev–Trinajstić information content (AvgIpc) is 2.25. The minimum Gasteiger partial charge on any atom is -0.335 e. The lowest BCUT2D eigenvalue weighted by Gasteiger charge is -2.04. The van der Waals surface area contributed by atoms with Gasteiger partial charge in [0.25, 0.3) is 0 Å². The Hall–Kier alpha value is -2.42. The van der Waals surface area contributed by atoms with Gasteiger partial charge in [-0.15, -0.1) is 0 Å². The highest BCUT2D eigenvalue weighted by atomic mass is 16.2. The van der Waals surface area contributed by atoms with E-state index in [-0.39, 0.29) is 6.54 Å². The molecule has 0 bridgehead atoms. The number of aryl methyl sites for hydroxylation is 1. The number of hydrogen-bond acceptors (Lipinski definition) is 4. The van der Waals surface area contributed by atoms with Crippen molar-refractivity contribution in [1.29, 1.82) is 5.26 Å². The number of nitriles is 1. The van der Waals surface area contributed by atoms with Crippen molar-refractivity contribution in [3.05, 3.63) is 24.0 Å². The first-order chi connectivity index (χ1) is 7.63. The highest BCUT2D eigenvalue weighted by molar-refractivity contribution is 6.39. The van der Waals surface area contributed by atoms with Crippen LogP contribution >= 0.6 is 0 Å². The van der Waals surface area contributed by atoms with Crippen LogP contribution in [0.3, 0.4) is 0 Å². The third kappa shape index (κ3) is 3.38. The molecule has 16 heavy (non-hydrogen) atoms.